The normalized spacial score (nSPS) is 11.7. The highest BCUT2D eigenvalue weighted by Gasteiger charge is 2.15. The van der Waals surface area contributed by atoms with Crippen molar-refractivity contribution in [3.05, 3.63) is 29.3 Å². The molecule has 0 saturated heterocycles. The number of hydrogen-bond donors (Lipinski definition) is 1. The molecule has 0 heterocycles. The summed E-state index contributed by atoms with van der Waals surface area (Å²) in [6.07, 6.45) is 3.74. The van der Waals surface area contributed by atoms with Gasteiger partial charge in [-0.3, -0.25) is 0 Å². The molecule has 4 heteroatoms. The lowest BCUT2D eigenvalue weighted by Crippen LogP contribution is -2.21. The molecular weight excluding hydrogens is 266 g/mol. The standard InChI is InChI=1S/C17H27NO3/c1-6-14(18)9-13-10-15(19-4)17(16(11-13)20-5)21-8-7-12(2)3/h7,10-11,14H,6,8-9,18H2,1-5H3. The Morgan fingerprint density at radius 1 is 1.19 bits per heavy atom. The Morgan fingerprint density at radius 2 is 1.76 bits per heavy atom. The quantitative estimate of drug-likeness (QED) is 0.747. The van der Waals surface area contributed by atoms with E-state index in [4.69, 9.17) is 19.9 Å². The van der Waals surface area contributed by atoms with Crippen molar-refractivity contribution in [3.8, 4) is 17.2 Å². The molecule has 0 aliphatic rings. The van der Waals surface area contributed by atoms with Gasteiger partial charge in [0.15, 0.2) is 11.5 Å². The van der Waals surface area contributed by atoms with Gasteiger partial charge in [-0.15, -0.1) is 0 Å². The van der Waals surface area contributed by atoms with Gasteiger partial charge in [0.05, 0.1) is 14.2 Å². The fraction of sp³-hybridized carbons (Fsp3) is 0.529. The van der Waals surface area contributed by atoms with Crippen molar-refractivity contribution < 1.29 is 14.2 Å². The third kappa shape index (κ3) is 5.31. The summed E-state index contributed by atoms with van der Waals surface area (Å²) >= 11 is 0. The molecule has 0 aliphatic heterocycles. The number of nitrogens with two attached hydrogens (primary N) is 1. The lowest BCUT2D eigenvalue weighted by Gasteiger charge is -2.17. The Morgan fingerprint density at radius 3 is 2.19 bits per heavy atom. The average molecular weight is 293 g/mol. The van der Waals surface area contributed by atoms with Crippen molar-refractivity contribution in [2.45, 2.75) is 39.7 Å². The molecule has 1 unspecified atom stereocenters. The molecular formula is C17H27NO3. The summed E-state index contributed by atoms with van der Waals surface area (Å²) in [7, 11) is 3.26. The summed E-state index contributed by atoms with van der Waals surface area (Å²) in [5, 5.41) is 0. The van der Waals surface area contributed by atoms with Crippen LogP contribution < -0.4 is 19.9 Å². The molecule has 1 aromatic carbocycles. The smallest absolute Gasteiger partial charge is 0.203 e. The van der Waals surface area contributed by atoms with Crippen molar-refractivity contribution in [2.75, 3.05) is 20.8 Å². The van der Waals surface area contributed by atoms with Crippen LogP contribution in [0.25, 0.3) is 0 Å². The highest BCUT2D eigenvalue weighted by Crippen LogP contribution is 2.38. The van der Waals surface area contributed by atoms with E-state index in [0.717, 1.165) is 18.4 Å². The SMILES string of the molecule is CCC(N)Cc1cc(OC)c(OCC=C(C)C)c(OC)c1. The first-order chi connectivity index (χ1) is 10.0. The minimum atomic E-state index is 0.136. The first-order valence-corrected chi connectivity index (χ1v) is 7.28. The number of rotatable bonds is 8. The molecule has 2 N–H and O–H groups in total. The second-order valence-corrected chi connectivity index (χ2v) is 5.29. The summed E-state index contributed by atoms with van der Waals surface area (Å²) < 4.78 is 16.7. The maximum Gasteiger partial charge on any atom is 0.203 e. The van der Waals surface area contributed by atoms with Gasteiger partial charge in [-0.1, -0.05) is 12.5 Å². The van der Waals surface area contributed by atoms with Gasteiger partial charge in [0, 0.05) is 6.04 Å². The van der Waals surface area contributed by atoms with Gasteiger partial charge < -0.3 is 19.9 Å². The zero-order chi connectivity index (χ0) is 15.8. The largest absolute Gasteiger partial charge is 0.493 e. The van der Waals surface area contributed by atoms with Crippen LogP contribution in [0.2, 0.25) is 0 Å². The average Bonchev–Trinajstić information content (AvgIpc) is 2.47. The number of methoxy groups -OCH3 is 2. The summed E-state index contributed by atoms with van der Waals surface area (Å²) in [5.41, 5.74) is 8.32. The van der Waals surface area contributed by atoms with Crippen molar-refractivity contribution in [3.63, 3.8) is 0 Å². The Hall–Kier alpha value is -1.68. The van der Waals surface area contributed by atoms with Crippen LogP contribution in [0.5, 0.6) is 17.2 Å². The molecule has 0 saturated carbocycles. The highest BCUT2D eigenvalue weighted by molar-refractivity contribution is 5.54. The van der Waals surface area contributed by atoms with Crippen molar-refractivity contribution in [1.82, 2.24) is 0 Å². The molecule has 0 spiro atoms. The second-order valence-electron chi connectivity index (χ2n) is 5.29. The van der Waals surface area contributed by atoms with E-state index in [1.165, 1.54) is 5.57 Å². The van der Waals surface area contributed by atoms with Gasteiger partial charge in [0.2, 0.25) is 5.75 Å². The third-order valence-corrected chi connectivity index (χ3v) is 3.26. The van der Waals surface area contributed by atoms with Crippen LogP contribution in [0.4, 0.5) is 0 Å². The molecule has 1 atom stereocenters. The highest BCUT2D eigenvalue weighted by atomic mass is 16.5. The Labute approximate surface area is 127 Å². The maximum atomic E-state index is 6.02. The fourth-order valence-corrected chi connectivity index (χ4v) is 1.93. The molecule has 0 radical (unpaired) electrons. The fourth-order valence-electron chi connectivity index (χ4n) is 1.93. The van der Waals surface area contributed by atoms with Crippen LogP contribution in [-0.2, 0) is 6.42 Å². The zero-order valence-corrected chi connectivity index (χ0v) is 13.7. The summed E-state index contributed by atoms with van der Waals surface area (Å²) in [4.78, 5) is 0. The van der Waals surface area contributed by atoms with Gasteiger partial charge in [0.25, 0.3) is 0 Å². The molecule has 0 fully saturated rings. The van der Waals surface area contributed by atoms with E-state index in [1.807, 2.05) is 32.1 Å². The summed E-state index contributed by atoms with van der Waals surface area (Å²) in [5.74, 6) is 1.98. The Bertz CT molecular complexity index is 454. The van der Waals surface area contributed by atoms with Gasteiger partial charge in [-0.25, -0.2) is 0 Å². The first kappa shape index (κ1) is 17.4. The number of hydrogen-bond acceptors (Lipinski definition) is 4. The molecule has 0 aromatic heterocycles. The van der Waals surface area contributed by atoms with Gasteiger partial charge in [0.1, 0.15) is 6.61 Å². The predicted octanol–water partition coefficient (Wildman–Crippen LogP) is 3.33. The predicted molar refractivity (Wildman–Crippen MR) is 86.4 cm³/mol. The van der Waals surface area contributed by atoms with Crippen molar-refractivity contribution in [1.29, 1.82) is 0 Å². The molecule has 21 heavy (non-hydrogen) atoms. The topological polar surface area (TPSA) is 53.7 Å². The lowest BCUT2D eigenvalue weighted by molar-refractivity contribution is 0.300. The van der Waals surface area contributed by atoms with Crippen molar-refractivity contribution in [2.24, 2.45) is 5.73 Å². The monoisotopic (exact) mass is 293 g/mol. The van der Waals surface area contributed by atoms with E-state index in [1.54, 1.807) is 14.2 Å². The molecule has 0 aliphatic carbocycles. The van der Waals surface area contributed by atoms with Crippen LogP contribution in [0.15, 0.2) is 23.8 Å². The van der Waals surface area contributed by atoms with E-state index in [0.29, 0.717) is 23.9 Å². The lowest BCUT2D eigenvalue weighted by atomic mass is 10.0. The molecule has 0 amide bonds. The van der Waals surface area contributed by atoms with Gasteiger partial charge in [-0.2, -0.15) is 0 Å². The minimum absolute atomic E-state index is 0.136. The Balaban J connectivity index is 3.03. The minimum Gasteiger partial charge on any atom is -0.493 e. The zero-order valence-electron chi connectivity index (χ0n) is 13.7. The van der Waals surface area contributed by atoms with E-state index in [-0.39, 0.29) is 6.04 Å². The molecule has 0 bridgehead atoms. The number of allylic oxidation sites excluding steroid dienone is 1. The van der Waals surface area contributed by atoms with E-state index in [2.05, 4.69) is 6.92 Å². The summed E-state index contributed by atoms with van der Waals surface area (Å²) in [6.45, 7) is 6.64. The number of benzene rings is 1. The van der Waals surface area contributed by atoms with Gasteiger partial charge in [-0.05, 0) is 50.5 Å². The van der Waals surface area contributed by atoms with Crippen LogP contribution in [0.3, 0.4) is 0 Å². The van der Waals surface area contributed by atoms with Gasteiger partial charge >= 0.3 is 0 Å². The van der Waals surface area contributed by atoms with Crippen LogP contribution in [-0.4, -0.2) is 26.9 Å². The summed E-state index contributed by atoms with van der Waals surface area (Å²) in [6, 6.07) is 4.07. The van der Waals surface area contributed by atoms with E-state index < -0.39 is 0 Å². The van der Waals surface area contributed by atoms with Crippen molar-refractivity contribution >= 4 is 0 Å². The molecule has 1 rings (SSSR count). The van der Waals surface area contributed by atoms with E-state index in [9.17, 15) is 0 Å². The van der Waals surface area contributed by atoms with E-state index >= 15 is 0 Å². The molecule has 4 nitrogen and oxygen atoms in total. The Kier molecular flexibility index (Phi) is 7.09. The second kappa shape index (κ2) is 8.57. The van der Waals surface area contributed by atoms with Crippen LogP contribution in [0, 0.1) is 0 Å². The third-order valence-electron chi connectivity index (χ3n) is 3.26. The maximum absolute atomic E-state index is 6.02. The first-order valence-electron chi connectivity index (χ1n) is 7.28. The van der Waals surface area contributed by atoms with Crippen LogP contribution >= 0.6 is 0 Å². The molecule has 1 aromatic rings. The number of ether oxygens (including phenoxy) is 3. The molecule has 118 valence electrons. The van der Waals surface area contributed by atoms with Crippen LogP contribution in [0.1, 0.15) is 32.8 Å².